The third kappa shape index (κ3) is 12.0. The van der Waals surface area contributed by atoms with Crippen molar-refractivity contribution < 1.29 is 4.74 Å². The largest absolute Gasteiger partial charge is 0.377 e. The summed E-state index contributed by atoms with van der Waals surface area (Å²) < 4.78 is 5.66. The summed E-state index contributed by atoms with van der Waals surface area (Å²) >= 11 is 0. The molecule has 0 saturated heterocycles. The maximum atomic E-state index is 5.66. The Hall–Kier alpha value is -0.0800. The monoisotopic (exact) mass is 229 g/mol. The number of ether oxygens (including phenoxy) is 1. The molecule has 1 unspecified atom stereocenters. The first-order chi connectivity index (χ1) is 7.81. The predicted octanol–water partition coefficient (Wildman–Crippen LogP) is 3.75. The summed E-state index contributed by atoms with van der Waals surface area (Å²) in [7, 11) is 1.97. The molecule has 2 nitrogen and oxygen atoms in total. The van der Waals surface area contributed by atoms with E-state index in [1.54, 1.807) is 0 Å². The van der Waals surface area contributed by atoms with E-state index in [4.69, 9.17) is 4.74 Å². The summed E-state index contributed by atoms with van der Waals surface area (Å²) in [5.41, 5.74) is 0. The van der Waals surface area contributed by atoms with Crippen LogP contribution in [0.5, 0.6) is 0 Å². The molecule has 0 aromatic heterocycles. The van der Waals surface area contributed by atoms with Crippen LogP contribution in [-0.2, 0) is 4.74 Å². The van der Waals surface area contributed by atoms with Crippen molar-refractivity contribution in [2.24, 2.45) is 0 Å². The molecule has 1 N–H and O–H groups in total. The van der Waals surface area contributed by atoms with Crippen molar-refractivity contribution in [2.45, 2.75) is 71.3 Å². The van der Waals surface area contributed by atoms with Gasteiger partial charge in [-0.1, -0.05) is 51.9 Å². The van der Waals surface area contributed by atoms with Gasteiger partial charge in [-0.05, 0) is 20.4 Å². The topological polar surface area (TPSA) is 21.3 Å². The number of nitrogens with one attached hydrogen (secondary N) is 1. The summed E-state index contributed by atoms with van der Waals surface area (Å²) in [6, 6.07) is 0. The summed E-state index contributed by atoms with van der Waals surface area (Å²) in [4.78, 5) is 0. The van der Waals surface area contributed by atoms with Crippen LogP contribution in [0.1, 0.15) is 65.2 Å². The van der Waals surface area contributed by atoms with Gasteiger partial charge in [0.2, 0.25) is 0 Å². The van der Waals surface area contributed by atoms with E-state index in [2.05, 4.69) is 19.2 Å². The van der Waals surface area contributed by atoms with Crippen LogP contribution in [0.2, 0.25) is 0 Å². The zero-order chi connectivity index (χ0) is 12.1. The molecule has 98 valence electrons. The van der Waals surface area contributed by atoms with Gasteiger partial charge in [0.05, 0.1) is 6.10 Å². The minimum Gasteiger partial charge on any atom is -0.377 e. The molecule has 0 bridgehead atoms. The van der Waals surface area contributed by atoms with Crippen molar-refractivity contribution in [1.29, 1.82) is 0 Å². The van der Waals surface area contributed by atoms with E-state index in [0.717, 1.165) is 13.2 Å². The van der Waals surface area contributed by atoms with Crippen LogP contribution in [0.25, 0.3) is 0 Å². The van der Waals surface area contributed by atoms with Gasteiger partial charge in [0.1, 0.15) is 0 Å². The summed E-state index contributed by atoms with van der Waals surface area (Å²) in [6.07, 6.45) is 11.3. The SMILES string of the molecule is CCCCCCCCCCOC(C)CNC. The van der Waals surface area contributed by atoms with Crippen LogP contribution >= 0.6 is 0 Å². The third-order valence-corrected chi connectivity index (χ3v) is 2.89. The number of likely N-dealkylation sites (N-methyl/N-ethyl adjacent to an activating group) is 1. The molecule has 0 heterocycles. The van der Waals surface area contributed by atoms with E-state index in [-0.39, 0.29) is 0 Å². The van der Waals surface area contributed by atoms with E-state index in [1.165, 1.54) is 51.4 Å². The lowest BCUT2D eigenvalue weighted by Gasteiger charge is -2.11. The van der Waals surface area contributed by atoms with Crippen LogP contribution in [0.3, 0.4) is 0 Å². The first-order valence-corrected chi connectivity index (χ1v) is 7.07. The lowest BCUT2D eigenvalue weighted by molar-refractivity contribution is 0.0643. The van der Waals surface area contributed by atoms with Gasteiger partial charge in [-0.15, -0.1) is 0 Å². The Labute approximate surface area is 102 Å². The molecule has 0 aromatic carbocycles. The molecule has 0 amide bonds. The first-order valence-electron chi connectivity index (χ1n) is 7.07. The molecule has 0 spiro atoms. The highest BCUT2D eigenvalue weighted by atomic mass is 16.5. The van der Waals surface area contributed by atoms with Crippen LogP contribution in [0, 0.1) is 0 Å². The van der Waals surface area contributed by atoms with Crippen LogP contribution < -0.4 is 5.32 Å². The Morgan fingerprint density at radius 3 is 2.06 bits per heavy atom. The normalized spacial score (nSPS) is 12.9. The van der Waals surface area contributed by atoms with E-state index in [0.29, 0.717) is 6.10 Å². The highest BCUT2D eigenvalue weighted by Gasteiger charge is 1.99. The van der Waals surface area contributed by atoms with Crippen molar-refractivity contribution in [3.05, 3.63) is 0 Å². The van der Waals surface area contributed by atoms with Crippen LogP contribution in [0.4, 0.5) is 0 Å². The van der Waals surface area contributed by atoms with Crippen molar-refractivity contribution in [3.63, 3.8) is 0 Å². The second-order valence-electron chi connectivity index (χ2n) is 4.71. The van der Waals surface area contributed by atoms with E-state index in [1.807, 2.05) is 7.05 Å². The Morgan fingerprint density at radius 1 is 0.938 bits per heavy atom. The second-order valence-corrected chi connectivity index (χ2v) is 4.71. The lowest BCUT2D eigenvalue weighted by Crippen LogP contribution is -2.23. The predicted molar refractivity (Wildman–Crippen MR) is 72.0 cm³/mol. The maximum absolute atomic E-state index is 5.66. The fraction of sp³-hybridized carbons (Fsp3) is 1.00. The Morgan fingerprint density at radius 2 is 1.50 bits per heavy atom. The van der Waals surface area contributed by atoms with Gasteiger partial charge in [-0.2, -0.15) is 0 Å². The highest BCUT2D eigenvalue weighted by Crippen LogP contribution is 2.08. The molecule has 0 aliphatic heterocycles. The highest BCUT2D eigenvalue weighted by molar-refractivity contribution is 4.52. The van der Waals surface area contributed by atoms with Crippen LogP contribution in [0.15, 0.2) is 0 Å². The molecule has 16 heavy (non-hydrogen) atoms. The number of hydrogen-bond acceptors (Lipinski definition) is 2. The number of unbranched alkanes of at least 4 members (excludes halogenated alkanes) is 7. The van der Waals surface area contributed by atoms with Gasteiger partial charge in [-0.3, -0.25) is 0 Å². The van der Waals surface area contributed by atoms with Crippen molar-refractivity contribution in [2.75, 3.05) is 20.2 Å². The van der Waals surface area contributed by atoms with Gasteiger partial charge in [0.25, 0.3) is 0 Å². The smallest absolute Gasteiger partial charge is 0.0671 e. The first kappa shape index (κ1) is 15.9. The Kier molecular flexibility index (Phi) is 12.9. The Balaban J connectivity index is 2.98. The van der Waals surface area contributed by atoms with E-state index < -0.39 is 0 Å². The Bertz CT molecular complexity index is 128. The van der Waals surface area contributed by atoms with Gasteiger partial charge < -0.3 is 10.1 Å². The molecule has 2 heteroatoms. The second kappa shape index (κ2) is 13.0. The molecule has 0 saturated carbocycles. The maximum Gasteiger partial charge on any atom is 0.0671 e. The minimum absolute atomic E-state index is 0.356. The van der Waals surface area contributed by atoms with E-state index >= 15 is 0 Å². The fourth-order valence-corrected chi connectivity index (χ4v) is 1.87. The molecule has 0 radical (unpaired) electrons. The lowest BCUT2D eigenvalue weighted by atomic mass is 10.1. The summed E-state index contributed by atoms with van der Waals surface area (Å²) in [5.74, 6) is 0. The number of hydrogen-bond donors (Lipinski definition) is 1. The third-order valence-electron chi connectivity index (χ3n) is 2.89. The van der Waals surface area contributed by atoms with Gasteiger partial charge >= 0.3 is 0 Å². The molecule has 0 fully saturated rings. The fourth-order valence-electron chi connectivity index (χ4n) is 1.87. The molecule has 1 atom stereocenters. The average molecular weight is 229 g/mol. The standard InChI is InChI=1S/C14H31NO/c1-4-5-6-7-8-9-10-11-12-16-14(2)13-15-3/h14-15H,4-13H2,1-3H3. The quantitative estimate of drug-likeness (QED) is 0.515. The van der Waals surface area contributed by atoms with Crippen molar-refractivity contribution in [1.82, 2.24) is 5.32 Å². The molecule has 0 aliphatic carbocycles. The summed E-state index contributed by atoms with van der Waals surface area (Å²) in [5, 5.41) is 3.12. The van der Waals surface area contributed by atoms with Crippen LogP contribution in [-0.4, -0.2) is 26.3 Å². The minimum atomic E-state index is 0.356. The van der Waals surface area contributed by atoms with Gasteiger partial charge in [0.15, 0.2) is 0 Å². The van der Waals surface area contributed by atoms with Crippen molar-refractivity contribution >= 4 is 0 Å². The molecule has 0 aliphatic rings. The average Bonchev–Trinajstić information content (AvgIpc) is 2.27. The number of rotatable bonds is 12. The zero-order valence-electron chi connectivity index (χ0n) is 11.6. The molecular formula is C14H31NO. The molecule has 0 rings (SSSR count). The zero-order valence-corrected chi connectivity index (χ0v) is 11.6. The summed E-state index contributed by atoms with van der Waals surface area (Å²) in [6.45, 7) is 6.28. The van der Waals surface area contributed by atoms with Crippen molar-refractivity contribution in [3.8, 4) is 0 Å². The van der Waals surface area contributed by atoms with Gasteiger partial charge in [0, 0.05) is 13.2 Å². The molecular weight excluding hydrogens is 198 g/mol. The van der Waals surface area contributed by atoms with E-state index in [9.17, 15) is 0 Å². The van der Waals surface area contributed by atoms with Gasteiger partial charge in [-0.25, -0.2) is 0 Å². The molecule has 0 aromatic rings.